The molecule has 0 radical (unpaired) electrons. The number of anilines is 1. The number of aromatic nitrogens is 3. The maximum absolute atomic E-state index is 13.4. The molecule has 0 aliphatic heterocycles. The second-order valence-electron chi connectivity index (χ2n) is 8.34. The summed E-state index contributed by atoms with van der Waals surface area (Å²) in [6.45, 7) is 9.36. The number of aryl methyl sites for hydroxylation is 2. The highest BCUT2D eigenvalue weighted by Gasteiger charge is 2.20. The summed E-state index contributed by atoms with van der Waals surface area (Å²) in [4.78, 5) is 20.0. The summed E-state index contributed by atoms with van der Waals surface area (Å²) in [6, 6.07) is 15.7. The predicted octanol–water partition coefficient (Wildman–Crippen LogP) is 6.63. The van der Waals surface area contributed by atoms with Crippen molar-refractivity contribution in [2.24, 2.45) is 0 Å². The number of thiazole rings is 1. The first-order valence-corrected chi connectivity index (χ1v) is 12.2. The van der Waals surface area contributed by atoms with E-state index in [4.69, 9.17) is 16.6 Å². The van der Waals surface area contributed by atoms with Crippen molar-refractivity contribution in [1.29, 1.82) is 0 Å². The van der Waals surface area contributed by atoms with E-state index in [1.54, 1.807) is 17.1 Å². The highest BCUT2D eigenvalue weighted by Crippen LogP contribution is 2.33. The van der Waals surface area contributed by atoms with Crippen LogP contribution in [0.4, 0.5) is 5.13 Å². The van der Waals surface area contributed by atoms with Gasteiger partial charge in [-0.2, -0.15) is 5.10 Å². The minimum Gasteiger partial charge on any atom is -0.283 e. The lowest BCUT2D eigenvalue weighted by Gasteiger charge is -2.18. The number of carbonyl (C=O) groups is 1. The zero-order chi connectivity index (χ0) is 23.5. The lowest BCUT2D eigenvalue weighted by molar-refractivity contribution is -0.114. The van der Waals surface area contributed by atoms with E-state index < -0.39 is 0 Å². The summed E-state index contributed by atoms with van der Waals surface area (Å²) in [7, 11) is 0. The van der Waals surface area contributed by atoms with Crippen LogP contribution in [0.5, 0.6) is 0 Å². The van der Waals surface area contributed by atoms with Crippen molar-refractivity contribution in [3.8, 4) is 0 Å². The molecule has 0 saturated heterocycles. The number of benzene rings is 2. The zero-order valence-corrected chi connectivity index (χ0v) is 20.8. The van der Waals surface area contributed by atoms with Crippen molar-refractivity contribution in [3.05, 3.63) is 82.1 Å². The van der Waals surface area contributed by atoms with Gasteiger partial charge in [0.15, 0.2) is 5.13 Å². The molecule has 7 heteroatoms. The number of hydrogen-bond donors (Lipinski definition) is 0. The third-order valence-electron chi connectivity index (χ3n) is 5.51. The molecule has 0 aliphatic carbocycles. The second kappa shape index (κ2) is 9.89. The molecule has 0 N–H and O–H groups in total. The highest BCUT2D eigenvalue weighted by molar-refractivity contribution is 7.22. The number of hydrogen-bond acceptors (Lipinski definition) is 4. The first-order valence-electron chi connectivity index (χ1n) is 11.0. The Kier molecular flexibility index (Phi) is 6.96. The van der Waals surface area contributed by atoms with Crippen LogP contribution in [0.25, 0.3) is 16.3 Å². The molecular weight excluding hydrogens is 452 g/mol. The molecule has 0 saturated carbocycles. The van der Waals surface area contributed by atoms with Crippen LogP contribution in [-0.2, 0) is 11.3 Å². The standard InChI is InChI=1S/C26H27ClN4OS/c1-17(2)21-9-7-11-23-25(21)28-26(33-23)30(14-15-31-19(4)16-18(3)29-31)24(32)13-12-20-8-5-6-10-22(20)27/h5-13,16-17H,14-15H2,1-4H3/b13-12+. The molecular formula is C26H27ClN4OS. The van der Waals surface area contributed by atoms with Gasteiger partial charge >= 0.3 is 0 Å². The Balaban J connectivity index is 1.68. The number of para-hydroxylation sites is 1. The quantitative estimate of drug-likeness (QED) is 0.280. The van der Waals surface area contributed by atoms with Crippen molar-refractivity contribution in [2.45, 2.75) is 40.2 Å². The van der Waals surface area contributed by atoms with Crippen molar-refractivity contribution >= 4 is 50.3 Å². The van der Waals surface area contributed by atoms with E-state index in [0.29, 0.717) is 29.2 Å². The van der Waals surface area contributed by atoms with Gasteiger partial charge in [0.2, 0.25) is 0 Å². The maximum atomic E-state index is 13.4. The number of fused-ring (bicyclic) bond motifs is 1. The first-order chi connectivity index (χ1) is 15.8. The van der Waals surface area contributed by atoms with Crippen LogP contribution in [0.1, 0.15) is 42.3 Å². The molecule has 0 aliphatic rings. The average molecular weight is 479 g/mol. The minimum absolute atomic E-state index is 0.137. The third kappa shape index (κ3) is 5.18. The summed E-state index contributed by atoms with van der Waals surface area (Å²) in [5.41, 5.74) is 4.99. The molecule has 33 heavy (non-hydrogen) atoms. The van der Waals surface area contributed by atoms with Crippen LogP contribution < -0.4 is 4.90 Å². The van der Waals surface area contributed by atoms with Gasteiger partial charge in [-0.3, -0.25) is 14.4 Å². The Bertz CT molecular complexity index is 1320. The number of amides is 1. The fraction of sp³-hybridized carbons (Fsp3) is 0.269. The fourth-order valence-electron chi connectivity index (χ4n) is 3.80. The van der Waals surface area contributed by atoms with Gasteiger partial charge in [-0.15, -0.1) is 0 Å². The van der Waals surface area contributed by atoms with Crippen molar-refractivity contribution in [1.82, 2.24) is 14.8 Å². The van der Waals surface area contributed by atoms with Crippen LogP contribution in [-0.4, -0.2) is 27.2 Å². The van der Waals surface area contributed by atoms with Gasteiger partial charge in [0.1, 0.15) is 0 Å². The maximum Gasteiger partial charge on any atom is 0.252 e. The van der Waals surface area contributed by atoms with Crippen LogP contribution in [0.3, 0.4) is 0 Å². The Morgan fingerprint density at radius 2 is 1.97 bits per heavy atom. The number of rotatable bonds is 7. The van der Waals surface area contributed by atoms with Gasteiger partial charge in [-0.05, 0) is 55.2 Å². The van der Waals surface area contributed by atoms with E-state index in [1.807, 2.05) is 48.9 Å². The summed E-state index contributed by atoms with van der Waals surface area (Å²) in [5.74, 6) is 0.212. The smallest absolute Gasteiger partial charge is 0.252 e. The Labute approximate surface area is 203 Å². The molecule has 170 valence electrons. The molecule has 0 unspecified atom stereocenters. The van der Waals surface area contributed by atoms with E-state index in [-0.39, 0.29) is 5.91 Å². The largest absolute Gasteiger partial charge is 0.283 e. The molecule has 2 aromatic carbocycles. The van der Waals surface area contributed by atoms with E-state index in [0.717, 1.165) is 27.2 Å². The Morgan fingerprint density at radius 1 is 1.18 bits per heavy atom. The van der Waals surface area contributed by atoms with Gasteiger partial charge in [-0.25, -0.2) is 4.98 Å². The van der Waals surface area contributed by atoms with Crippen LogP contribution in [0.2, 0.25) is 5.02 Å². The third-order valence-corrected chi connectivity index (χ3v) is 6.90. The van der Waals surface area contributed by atoms with Gasteiger partial charge in [0.05, 0.1) is 22.5 Å². The molecule has 5 nitrogen and oxygen atoms in total. The highest BCUT2D eigenvalue weighted by atomic mass is 35.5. The van der Waals surface area contributed by atoms with E-state index in [1.165, 1.54) is 16.9 Å². The molecule has 2 aromatic heterocycles. The summed E-state index contributed by atoms with van der Waals surface area (Å²) in [6.07, 6.45) is 3.33. The zero-order valence-electron chi connectivity index (χ0n) is 19.2. The minimum atomic E-state index is -0.137. The molecule has 4 aromatic rings. The van der Waals surface area contributed by atoms with Crippen molar-refractivity contribution < 1.29 is 4.79 Å². The van der Waals surface area contributed by atoms with Crippen LogP contribution in [0.15, 0.2) is 54.6 Å². The molecule has 2 heterocycles. The van der Waals surface area contributed by atoms with E-state index >= 15 is 0 Å². The summed E-state index contributed by atoms with van der Waals surface area (Å²) >= 11 is 7.81. The van der Waals surface area contributed by atoms with Gasteiger partial charge in [0.25, 0.3) is 5.91 Å². The second-order valence-corrected chi connectivity index (χ2v) is 9.76. The fourth-order valence-corrected chi connectivity index (χ4v) is 5.03. The van der Waals surface area contributed by atoms with Gasteiger partial charge < -0.3 is 0 Å². The Morgan fingerprint density at radius 3 is 2.67 bits per heavy atom. The summed E-state index contributed by atoms with van der Waals surface area (Å²) < 4.78 is 3.01. The van der Waals surface area contributed by atoms with Gasteiger partial charge in [0, 0.05) is 23.3 Å². The van der Waals surface area contributed by atoms with Crippen LogP contribution in [0, 0.1) is 13.8 Å². The number of nitrogens with zero attached hydrogens (tertiary/aromatic N) is 4. The molecule has 1 amide bonds. The molecule has 0 bridgehead atoms. The number of carbonyl (C=O) groups excluding carboxylic acids is 1. The molecule has 4 rings (SSSR count). The monoisotopic (exact) mass is 478 g/mol. The van der Waals surface area contributed by atoms with Crippen molar-refractivity contribution in [2.75, 3.05) is 11.4 Å². The predicted molar refractivity (Wildman–Crippen MR) is 138 cm³/mol. The molecule has 0 atom stereocenters. The van der Waals surface area contributed by atoms with Crippen LogP contribution >= 0.6 is 22.9 Å². The van der Waals surface area contributed by atoms with E-state index in [2.05, 4.69) is 37.1 Å². The van der Waals surface area contributed by atoms with Crippen molar-refractivity contribution in [3.63, 3.8) is 0 Å². The first kappa shape index (κ1) is 23.2. The lowest BCUT2D eigenvalue weighted by atomic mass is 10.0. The SMILES string of the molecule is Cc1cc(C)n(CCN(C(=O)/C=C/c2ccccc2Cl)c2nc3c(C(C)C)cccc3s2)n1. The average Bonchev–Trinajstić information content (AvgIpc) is 3.35. The molecule has 0 spiro atoms. The normalized spacial score (nSPS) is 11.7. The summed E-state index contributed by atoms with van der Waals surface area (Å²) in [5, 5.41) is 5.84. The Hall–Kier alpha value is -2.96. The lowest BCUT2D eigenvalue weighted by Crippen LogP contribution is -2.33. The van der Waals surface area contributed by atoms with E-state index in [9.17, 15) is 4.79 Å². The number of halogens is 1. The van der Waals surface area contributed by atoms with Gasteiger partial charge in [-0.1, -0.05) is 67.1 Å². The topological polar surface area (TPSA) is 51.0 Å². The molecule has 0 fully saturated rings.